The molecule has 0 bridgehead atoms. The molecule has 0 atom stereocenters. The predicted molar refractivity (Wildman–Crippen MR) is 158 cm³/mol. The highest BCUT2D eigenvalue weighted by Crippen LogP contribution is 2.36. The second-order valence-electron chi connectivity index (χ2n) is 9.79. The van der Waals surface area contributed by atoms with E-state index in [4.69, 9.17) is 4.74 Å². The summed E-state index contributed by atoms with van der Waals surface area (Å²) in [6, 6.07) is 25.2. The van der Waals surface area contributed by atoms with Crippen molar-refractivity contribution in [3.05, 3.63) is 119 Å². The van der Waals surface area contributed by atoms with E-state index in [1.165, 1.54) is 10.6 Å². The molecular weight excluding hydrogens is 484 g/mol. The van der Waals surface area contributed by atoms with E-state index in [1.54, 1.807) is 12.1 Å². The van der Waals surface area contributed by atoms with Gasteiger partial charge in [0.25, 0.3) is 11.8 Å². The lowest BCUT2D eigenvalue weighted by Gasteiger charge is -2.28. The van der Waals surface area contributed by atoms with Crippen LogP contribution in [-0.4, -0.2) is 24.9 Å². The molecule has 39 heavy (non-hydrogen) atoms. The first kappa shape index (κ1) is 24.7. The third-order valence-electron chi connectivity index (χ3n) is 7.52. The number of rotatable bonds is 8. The minimum atomic E-state index is -0.342. The van der Waals surface area contributed by atoms with E-state index in [2.05, 4.69) is 61.2 Å². The SMILES string of the molecule is CCN(CC)c1ccc(COc2cc3c4c(cccc4c2)C(=O)N(c2ccc(C4=CCC=C4)cc2)C3=O)cc1. The van der Waals surface area contributed by atoms with Crippen molar-refractivity contribution < 1.29 is 14.3 Å². The maximum Gasteiger partial charge on any atom is 0.266 e. The normalized spacial score (nSPS) is 14.2. The number of hydrogen-bond donors (Lipinski definition) is 0. The van der Waals surface area contributed by atoms with Crippen LogP contribution in [0, 0.1) is 0 Å². The van der Waals surface area contributed by atoms with Crippen molar-refractivity contribution in [3.63, 3.8) is 0 Å². The first-order valence-electron chi connectivity index (χ1n) is 13.5. The molecule has 4 aromatic rings. The fraction of sp³-hybridized carbons (Fsp3) is 0.176. The molecule has 1 heterocycles. The Hall–Kier alpha value is -4.64. The van der Waals surface area contributed by atoms with Crippen LogP contribution in [0.5, 0.6) is 5.75 Å². The van der Waals surface area contributed by atoms with Crippen molar-refractivity contribution in [1.82, 2.24) is 0 Å². The second kappa shape index (κ2) is 10.3. The molecule has 1 aliphatic carbocycles. The lowest BCUT2D eigenvalue weighted by molar-refractivity contribution is 0.0893. The van der Waals surface area contributed by atoms with Crippen molar-refractivity contribution >= 4 is 39.5 Å². The van der Waals surface area contributed by atoms with Gasteiger partial charge in [0.05, 0.1) is 11.3 Å². The quantitative estimate of drug-likeness (QED) is 0.230. The molecule has 0 radical (unpaired) electrons. The Morgan fingerprint density at radius 2 is 1.59 bits per heavy atom. The highest BCUT2D eigenvalue weighted by atomic mass is 16.5. The fourth-order valence-electron chi connectivity index (χ4n) is 5.43. The molecule has 0 saturated heterocycles. The number of allylic oxidation sites excluding steroid dienone is 4. The molecule has 0 spiro atoms. The third kappa shape index (κ3) is 4.50. The van der Waals surface area contributed by atoms with Gasteiger partial charge in [-0.15, -0.1) is 0 Å². The van der Waals surface area contributed by atoms with Gasteiger partial charge in [-0.05, 0) is 84.8 Å². The van der Waals surface area contributed by atoms with Crippen molar-refractivity contribution in [2.75, 3.05) is 22.9 Å². The highest BCUT2D eigenvalue weighted by Gasteiger charge is 2.34. The van der Waals surface area contributed by atoms with E-state index in [-0.39, 0.29) is 11.8 Å². The molecule has 2 aliphatic rings. The number of ether oxygens (including phenoxy) is 1. The number of nitrogens with zero attached hydrogens (tertiary/aromatic N) is 2. The summed E-state index contributed by atoms with van der Waals surface area (Å²) in [6.07, 6.45) is 7.28. The average molecular weight is 515 g/mol. The Morgan fingerprint density at radius 3 is 2.28 bits per heavy atom. The van der Waals surface area contributed by atoms with Crippen LogP contribution in [-0.2, 0) is 6.61 Å². The van der Waals surface area contributed by atoms with Crippen LogP contribution < -0.4 is 14.5 Å². The Kier molecular flexibility index (Phi) is 6.49. The summed E-state index contributed by atoms with van der Waals surface area (Å²) < 4.78 is 6.17. The maximum absolute atomic E-state index is 13.8. The van der Waals surface area contributed by atoms with Crippen molar-refractivity contribution in [2.24, 2.45) is 0 Å². The highest BCUT2D eigenvalue weighted by molar-refractivity contribution is 6.36. The van der Waals surface area contributed by atoms with E-state index in [0.717, 1.165) is 41.6 Å². The predicted octanol–water partition coefficient (Wildman–Crippen LogP) is 7.41. The average Bonchev–Trinajstić information content (AvgIpc) is 3.52. The largest absolute Gasteiger partial charge is 0.489 e. The van der Waals surface area contributed by atoms with Crippen LogP contribution >= 0.6 is 0 Å². The van der Waals surface area contributed by atoms with E-state index >= 15 is 0 Å². The van der Waals surface area contributed by atoms with E-state index < -0.39 is 0 Å². The van der Waals surface area contributed by atoms with Gasteiger partial charge >= 0.3 is 0 Å². The van der Waals surface area contributed by atoms with Gasteiger partial charge in [0.2, 0.25) is 0 Å². The molecule has 194 valence electrons. The fourth-order valence-corrected chi connectivity index (χ4v) is 5.43. The van der Waals surface area contributed by atoms with Crippen molar-refractivity contribution in [2.45, 2.75) is 26.9 Å². The third-order valence-corrected chi connectivity index (χ3v) is 7.52. The zero-order chi connectivity index (χ0) is 26.9. The molecule has 1 aliphatic heterocycles. The summed E-state index contributed by atoms with van der Waals surface area (Å²) in [5.74, 6) is -0.0568. The number of carbonyl (C=O) groups is 2. The van der Waals surface area contributed by atoms with Gasteiger partial charge in [-0.25, -0.2) is 4.90 Å². The molecule has 6 rings (SSSR count). The minimum Gasteiger partial charge on any atom is -0.489 e. The molecule has 5 heteroatoms. The monoisotopic (exact) mass is 514 g/mol. The Labute approximate surface area is 228 Å². The number of amides is 2. The van der Waals surface area contributed by atoms with Crippen LogP contribution in [0.2, 0.25) is 0 Å². The number of carbonyl (C=O) groups excluding carboxylic acids is 2. The molecule has 0 saturated carbocycles. The van der Waals surface area contributed by atoms with E-state index in [1.807, 2.05) is 42.5 Å². The van der Waals surface area contributed by atoms with Crippen LogP contribution in [0.1, 0.15) is 52.1 Å². The first-order valence-corrected chi connectivity index (χ1v) is 13.5. The van der Waals surface area contributed by atoms with Gasteiger partial charge in [-0.3, -0.25) is 9.59 Å². The summed E-state index contributed by atoms with van der Waals surface area (Å²) >= 11 is 0. The number of imide groups is 1. The number of benzene rings is 4. The lowest BCUT2D eigenvalue weighted by Crippen LogP contribution is -2.40. The van der Waals surface area contributed by atoms with E-state index in [0.29, 0.717) is 34.6 Å². The van der Waals surface area contributed by atoms with E-state index in [9.17, 15) is 9.59 Å². The van der Waals surface area contributed by atoms with Gasteiger partial charge in [0.1, 0.15) is 12.4 Å². The maximum atomic E-state index is 13.8. The smallest absolute Gasteiger partial charge is 0.266 e. The van der Waals surface area contributed by atoms with Gasteiger partial charge < -0.3 is 9.64 Å². The Morgan fingerprint density at radius 1 is 0.846 bits per heavy atom. The Bertz CT molecular complexity index is 1630. The second-order valence-corrected chi connectivity index (χ2v) is 9.79. The molecule has 0 unspecified atom stereocenters. The number of hydrogen-bond acceptors (Lipinski definition) is 4. The molecule has 0 N–H and O–H groups in total. The lowest BCUT2D eigenvalue weighted by atomic mass is 9.93. The summed E-state index contributed by atoms with van der Waals surface area (Å²) in [6.45, 7) is 6.60. The summed E-state index contributed by atoms with van der Waals surface area (Å²) in [5.41, 5.74) is 5.99. The van der Waals surface area contributed by atoms with Crippen LogP contribution in [0.4, 0.5) is 11.4 Å². The van der Waals surface area contributed by atoms with Gasteiger partial charge in [-0.2, -0.15) is 0 Å². The van der Waals surface area contributed by atoms with Crippen molar-refractivity contribution in [1.29, 1.82) is 0 Å². The molecule has 0 fully saturated rings. The van der Waals surface area contributed by atoms with Crippen LogP contribution in [0.15, 0.2) is 97.1 Å². The van der Waals surface area contributed by atoms with Gasteiger partial charge in [0.15, 0.2) is 0 Å². The zero-order valence-corrected chi connectivity index (χ0v) is 22.2. The van der Waals surface area contributed by atoms with Crippen molar-refractivity contribution in [3.8, 4) is 5.75 Å². The van der Waals surface area contributed by atoms with Crippen LogP contribution in [0.3, 0.4) is 0 Å². The molecule has 4 aromatic carbocycles. The summed E-state index contributed by atoms with van der Waals surface area (Å²) in [7, 11) is 0. The van der Waals surface area contributed by atoms with Gasteiger partial charge in [0, 0.05) is 29.7 Å². The molecule has 5 nitrogen and oxygen atoms in total. The topological polar surface area (TPSA) is 49.9 Å². The zero-order valence-electron chi connectivity index (χ0n) is 22.2. The standard InChI is InChI=1S/C34H30N2O3/c1-3-35(4-2)27-16-12-23(13-17-27)22-39-29-20-26-10-7-11-30-32(26)31(21-29)34(38)36(33(30)37)28-18-14-25(15-19-28)24-8-5-6-9-24/h5,7-21H,3-4,6,22H2,1-2H3. The molecule has 2 amide bonds. The van der Waals surface area contributed by atoms with Gasteiger partial charge in [-0.1, -0.05) is 54.6 Å². The molecular formula is C34H30N2O3. The summed E-state index contributed by atoms with van der Waals surface area (Å²) in [5, 5.41) is 1.49. The molecule has 0 aromatic heterocycles. The Balaban J connectivity index is 1.29. The van der Waals surface area contributed by atoms with Crippen LogP contribution in [0.25, 0.3) is 16.3 Å². The first-order chi connectivity index (χ1) is 19.1. The number of anilines is 2. The minimum absolute atomic E-state index is 0.312. The summed E-state index contributed by atoms with van der Waals surface area (Å²) in [4.78, 5) is 30.9.